The highest BCUT2D eigenvalue weighted by molar-refractivity contribution is 5.81. The van der Waals surface area contributed by atoms with E-state index < -0.39 is 5.97 Å². The third-order valence-corrected chi connectivity index (χ3v) is 4.25. The maximum absolute atomic E-state index is 12.6. The summed E-state index contributed by atoms with van der Waals surface area (Å²) in [6.07, 6.45) is 4.49. The largest absolute Gasteiger partial charge is 0.481 e. The highest BCUT2D eigenvalue weighted by atomic mass is 16.5. The molecule has 1 amide bonds. The van der Waals surface area contributed by atoms with Crippen molar-refractivity contribution < 1.29 is 19.4 Å². The Labute approximate surface area is 113 Å². The molecule has 5 heteroatoms. The number of aliphatic carboxylic acids is 1. The topological polar surface area (TPSA) is 66.8 Å². The number of rotatable bonds is 4. The lowest BCUT2D eigenvalue weighted by Gasteiger charge is -2.37. The molecule has 2 aliphatic rings. The first-order chi connectivity index (χ1) is 9.13. The molecule has 2 heterocycles. The minimum absolute atomic E-state index is 0.0138. The third kappa shape index (κ3) is 3.26. The molecular formula is C14H23NO4. The minimum atomic E-state index is -0.820. The average Bonchev–Trinajstić information content (AvgIpc) is 2.86. The molecule has 108 valence electrons. The summed E-state index contributed by atoms with van der Waals surface area (Å²) < 4.78 is 5.58. The summed E-state index contributed by atoms with van der Waals surface area (Å²) in [5, 5.41) is 8.97. The van der Waals surface area contributed by atoms with Crippen molar-refractivity contribution >= 4 is 11.9 Å². The van der Waals surface area contributed by atoms with Crippen LogP contribution in [0.5, 0.6) is 0 Å². The SMILES string of the molecule is CCC1OCCC1C(=O)N1CCCCC1CC(=O)O. The fourth-order valence-electron chi connectivity index (χ4n) is 3.25. The van der Waals surface area contributed by atoms with Crippen molar-refractivity contribution in [1.29, 1.82) is 0 Å². The Balaban J connectivity index is 2.04. The van der Waals surface area contributed by atoms with E-state index in [4.69, 9.17) is 9.84 Å². The van der Waals surface area contributed by atoms with Crippen molar-refractivity contribution in [3.63, 3.8) is 0 Å². The Bertz CT molecular complexity index is 344. The zero-order valence-corrected chi connectivity index (χ0v) is 11.5. The normalized spacial score (nSPS) is 31.4. The van der Waals surface area contributed by atoms with Gasteiger partial charge in [0.25, 0.3) is 0 Å². The van der Waals surface area contributed by atoms with Crippen molar-refractivity contribution in [1.82, 2.24) is 4.90 Å². The van der Waals surface area contributed by atoms with Crippen LogP contribution in [0.25, 0.3) is 0 Å². The van der Waals surface area contributed by atoms with Crippen LogP contribution >= 0.6 is 0 Å². The number of carboxylic acid groups (broad SMARTS) is 1. The lowest BCUT2D eigenvalue weighted by atomic mass is 9.93. The van der Waals surface area contributed by atoms with Crippen LogP contribution in [0.4, 0.5) is 0 Å². The maximum atomic E-state index is 12.6. The van der Waals surface area contributed by atoms with E-state index in [9.17, 15) is 9.59 Å². The van der Waals surface area contributed by atoms with Crippen LogP contribution in [0.15, 0.2) is 0 Å². The van der Waals surface area contributed by atoms with Gasteiger partial charge < -0.3 is 14.7 Å². The summed E-state index contributed by atoms with van der Waals surface area (Å²) in [5.41, 5.74) is 0. The van der Waals surface area contributed by atoms with E-state index in [0.29, 0.717) is 13.2 Å². The van der Waals surface area contributed by atoms with Crippen LogP contribution in [0, 0.1) is 5.92 Å². The molecule has 5 nitrogen and oxygen atoms in total. The quantitative estimate of drug-likeness (QED) is 0.843. The highest BCUT2D eigenvalue weighted by Crippen LogP contribution is 2.29. The second-order valence-electron chi connectivity index (χ2n) is 5.49. The lowest BCUT2D eigenvalue weighted by Crippen LogP contribution is -2.48. The average molecular weight is 269 g/mol. The van der Waals surface area contributed by atoms with Crippen LogP contribution in [0.3, 0.4) is 0 Å². The molecule has 2 fully saturated rings. The van der Waals surface area contributed by atoms with Crippen LogP contribution in [-0.4, -0.2) is 47.2 Å². The fourth-order valence-corrected chi connectivity index (χ4v) is 3.25. The summed E-state index contributed by atoms with van der Waals surface area (Å²) in [7, 11) is 0. The van der Waals surface area contributed by atoms with E-state index in [1.807, 2.05) is 6.92 Å². The Morgan fingerprint density at radius 2 is 2.11 bits per heavy atom. The summed E-state index contributed by atoms with van der Waals surface area (Å²) in [6, 6.07) is -0.128. The molecule has 0 spiro atoms. The molecule has 0 aromatic carbocycles. The van der Waals surface area contributed by atoms with Gasteiger partial charge in [-0.1, -0.05) is 6.92 Å². The van der Waals surface area contributed by atoms with Gasteiger partial charge in [-0.25, -0.2) is 0 Å². The van der Waals surface area contributed by atoms with Gasteiger partial charge >= 0.3 is 5.97 Å². The van der Waals surface area contributed by atoms with E-state index in [2.05, 4.69) is 0 Å². The Morgan fingerprint density at radius 3 is 2.79 bits per heavy atom. The van der Waals surface area contributed by atoms with Gasteiger partial charge in [-0.05, 0) is 32.1 Å². The van der Waals surface area contributed by atoms with Gasteiger partial charge in [0, 0.05) is 19.2 Å². The highest BCUT2D eigenvalue weighted by Gasteiger charge is 2.38. The van der Waals surface area contributed by atoms with E-state index >= 15 is 0 Å². The number of carbonyl (C=O) groups excluding carboxylic acids is 1. The van der Waals surface area contributed by atoms with Crippen molar-refractivity contribution in [3.05, 3.63) is 0 Å². The third-order valence-electron chi connectivity index (χ3n) is 4.25. The molecule has 2 saturated heterocycles. The number of hydrogen-bond acceptors (Lipinski definition) is 3. The van der Waals surface area contributed by atoms with E-state index in [0.717, 1.165) is 32.1 Å². The molecule has 3 atom stereocenters. The van der Waals surface area contributed by atoms with Gasteiger partial charge in [-0.2, -0.15) is 0 Å². The van der Waals surface area contributed by atoms with Crippen LogP contribution in [0.2, 0.25) is 0 Å². The number of amides is 1. The van der Waals surface area contributed by atoms with Gasteiger partial charge in [0.2, 0.25) is 5.91 Å². The number of likely N-dealkylation sites (tertiary alicyclic amines) is 1. The fraction of sp³-hybridized carbons (Fsp3) is 0.857. The maximum Gasteiger partial charge on any atom is 0.305 e. The minimum Gasteiger partial charge on any atom is -0.481 e. The van der Waals surface area contributed by atoms with Gasteiger partial charge in [-0.3, -0.25) is 9.59 Å². The molecule has 3 unspecified atom stereocenters. The van der Waals surface area contributed by atoms with Gasteiger partial charge in [0.15, 0.2) is 0 Å². The van der Waals surface area contributed by atoms with Crippen molar-refractivity contribution in [2.75, 3.05) is 13.2 Å². The molecule has 2 aliphatic heterocycles. The number of ether oxygens (including phenoxy) is 1. The predicted octanol–water partition coefficient (Wildman–Crippen LogP) is 1.66. The Morgan fingerprint density at radius 1 is 1.32 bits per heavy atom. The second kappa shape index (κ2) is 6.37. The first kappa shape index (κ1) is 14.3. The molecule has 1 N–H and O–H groups in total. The number of carbonyl (C=O) groups is 2. The standard InChI is InChI=1S/C14H23NO4/c1-2-12-11(6-8-19-12)14(18)15-7-4-3-5-10(15)9-13(16)17/h10-12H,2-9H2,1H3,(H,16,17). The molecule has 19 heavy (non-hydrogen) atoms. The molecule has 0 aromatic rings. The van der Waals surface area contributed by atoms with Gasteiger partial charge in [-0.15, -0.1) is 0 Å². The van der Waals surface area contributed by atoms with Crippen molar-refractivity contribution in [3.8, 4) is 0 Å². The predicted molar refractivity (Wildman–Crippen MR) is 69.7 cm³/mol. The van der Waals surface area contributed by atoms with Crippen LogP contribution in [0.1, 0.15) is 45.4 Å². The molecule has 0 radical (unpaired) electrons. The number of hydrogen-bond donors (Lipinski definition) is 1. The molecule has 0 aromatic heterocycles. The lowest BCUT2D eigenvalue weighted by molar-refractivity contribution is -0.145. The molecule has 2 rings (SSSR count). The summed E-state index contributed by atoms with van der Waals surface area (Å²) in [6.45, 7) is 3.37. The zero-order valence-electron chi connectivity index (χ0n) is 11.5. The van der Waals surface area contributed by atoms with Crippen LogP contribution < -0.4 is 0 Å². The summed E-state index contributed by atoms with van der Waals surface area (Å²) in [4.78, 5) is 25.3. The first-order valence-corrected chi connectivity index (χ1v) is 7.27. The molecular weight excluding hydrogens is 246 g/mol. The molecule has 0 saturated carbocycles. The molecule has 0 bridgehead atoms. The van der Waals surface area contributed by atoms with Gasteiger partial charge in [0.1, 0.15) is 0 Å². The number of nitrogens with zero attached hydrogens (tertiary/aromatic N) is 1. The second-order valence-corrected chi connectivity index (χ2v) is 5.49. The Kier molecular flexibility index (Phi) is 4.80. The Hall–Kier alpha value is -1.10. The van der Waals surface area contributed by atoms with E-state index in [1.54, 1.807) is 4.90 Å². The van der Waals surface area contributed by atoms with E-state index in [1.165, 1.54) is 0 Å². The summed E-state index contributed by atoms with van der Waals surface area (Å²) in [5.74, 6) is -0.783. The first-order valence-electron chi connectivity index (χ1n) is 7.27. The summed E-state index contributed by atoms with van der Waals surface area (Å²) >= 11 is 0. The van der Waals surface area contributed by atoms with Crippen LogP contribution in [-0.2, 0) is 14.3 Å². The molecule has 0 aliphatic carbocycles. The smallest absolute Gasteiger partial charge is 0.305 e. The van der Waals surface area contributed by atoms with Crippen molar-refractivity contribution in [2.24, 2.45) is 5.92 Å². The zero-order chi connectivity index (χ0) is 13.8. The monoisotopic (exact) mass is 269 g/mol. The number of carboxylic acids is 1. The van der Waals surface area contributed by atoms with Crippen molar-refractivity contribution in [2.45, 2.75) is 57.6 Å². The van der Waals surface area contributed by atoms with Gasteiger partial charge in [0.05, 0.1) is 18.4 Å². The van der Waals surface area contributed by atoms with E-state index in [-0.39, 0.29) is 30.4 Å². The number of piperidine rings is 1.